The minimum absolute atomic E-state index is 0.0981. The van der Waals surface area contributed by atoms with Gasteiger partial charge in [-0.1, -0.05) is 12.1 Å². The lowest BCUT2D eigenvalue weighted by Crippen LogP contribution is -2.25. The van der Waals surface area contributed by atoms with Gasteiger partial charge >= 0.3 is 5.97 Å². The molecule has 1 aromatic rings. The Balaban J connectivity index is 2.49. The number of carbonyl (C=O) groups is 3. The number of carbonyl (C=O) groups excluding carboxylic acids is 2. The van der Waals surface area contributed by atoms with E-state index in [4.69, 9.17) is 10.8 Å². The quantitative estimate of drug-likeness (QED) is 0.470. The van der Waals surface area contributed by atoms with Gasteiger partial charge in [-0.3, -0.25) is 14.4 Å². The Kier molecular flexibility index (Phi) is 7.31. The Hall–Kier alpha value is -2.02. The number of rotatable bonds is 9. The van der Waals surface area contributed by atoms with Crippen molar-refractivity contribution in [1.82, 2.24) is 5.32 Å². The number of unbranched alkanes of at least 4 members (excludes halogenated alkanes) is 1. The molecule has 114 valence electrons. The minimum Gasteiger partial charge on any atom is -0.481 e. The van der Waals surface area contributed by atoms with Crippen molar-refractivity contribution in [2.45, 2.75) is 24.2 Å². The highest BCUT2D eigenvalue weighted by molar-refractivity contribution is 8.00. The Morgan fingerprint density at radius 1 is 1.19 bits per heavy atom. The first-order valence-electron chi connectivity index (χ1n) is 6.51. The van der Waals surface area contributed by atoms with Crippen molar-refractivity contribution in [3.8, 4) is 0 Å². The van der Waals surface area contributed by atoms with Crippen molar-refractivity contribution < 1.29 is 19.5 Å². The van der Waals surface area contributed by atoms with Crippen LogP contribution in [0.1, 0.15) is 29.6 Å². The molecule has 6 nitrogen and oxygen atoms in total. The van der Waals surface area contributed by atoms with Crippen molar-refractivity contribution in [3.05, 3.63) is 29.8 Å². The number of primary amides is 1. The van der Waals surface area contributed by atoms with Gasteiger partial charge in [0.15, 0.2) is 0 Å². The molecule has 0 heterocycles. The first-order chi connectivity index (χ1) is 10.0. The lowest BCUT2D eigenvalue weighted by Gasteiger charge is -2.09. The minimum atomic E-state index is -0.838. The van der Waals surface area contributed by atoms with Crippen molar-refractivity contribution in [3.63, 3.8) is 0 Å². The molecule has 2 amide bonds. The van der Waals surface area contributed by atoms with Gasteiger partial charge < -0.3 is 16.2 Å². The Bertz CT molecular complexity index is 519. The van der Waals surface area contributed by atoms with E-state index in [1.54, 1.807) is 24.3 Å². The van der Waals surface area contributed by atoms with Gasteiger partial charge in [0.1, 0.15) is 0 Å². The van der Waals surface area contributed by atoms with Crippen LogP contribution in [0.5, 0.6) is 0 Å². The molecule has 0 aliphatic rings. The van der Waals surface area contributed by atoms with E-state index < -0.39 is 11.9 Å². The third-order valence-corrected chi connectivity index (χ3v) is 3.70. The number of benzene rings is 1. The van der Waals surface area contributed by atoms with Gasteiger partial charge in [0.05, 0.1) is 11.3 Å². The predicted molar refractivity (Wildman–Crippen MR) is 80.2 cm³/mol. The standard InChI is InChI=1S/C14H18N2O4S/c15-12(17)9-21-11-6-2-1-5-10(11)14(20)16-8-4-3-7-13(18)19/h1-2,5-6H,3-4,7-9H2,(H2,15,17)(H,16,20)(H,18,19). The molecule has 1 rings (SSSR count). The number of carboxylic acids is 1. The molecule has 21 heavy (non-hydrogen) atoms. The van der Waals surface area contributed by atoms with Crippen molar-refractivity contribution in [2.75, 3.05) is 12.3 Å². The SMILES string of the molecule is NC(=O)CSc1ccccc1C(=O)NCCCCC(=O)O. The van der Waals surface area contributed by atoms with E-state index in [9.17, 15) is 14.4 Å². The lowest BCUT2D eigenvalue weighted by molar-refractivity contribution is -0.137. The molecule has 0 radical (unpaired) electrons. The topological polar surface area (TPSA) is 109 Å². The summed E-state index contributed by atoms with van der Waals surface area (Å²) in [5, 5.41) is 11.3. The third-order valence-electron chi connectivity index (χ3n) is 2.60. The second-order valence-electron chi connectivity index (χ2n) is 4.36. The summed E-state index contributed by atoms with van der Waals surface area (Å²) in [6.07, 6.45) is 1.23. The normalized spacial score (nSPS) is 10.1. The maximum atomic E-state index is 12.1. The molecular formula is C14H18N2O4S. The molecule has 0 fully saturated rings. The third kappa shape index (κ3) is 6.80. The van der Waals surface area contributed by atoms with Crippen LogP contribution in [0, 0.1) is 0 Å². The van der Waals surface area contributed by atoms with Crippen LogP contribution in [0.2, 0.25) is 0 Å². The number of nitrogens with one attached hydrogen (secondary N) is 1. The molecule has 0 aliphatic heterocycles. The number of nitrogens with two attached hydrogens (primary N) is 1. The molecule has 0 unspecified atom stereocenters. The van der Waals surface area contributed by atoms with Gasteiger partial charge in [0, 0.05) is 17.9 Å². The van der Waals surface area contributed by atoms with Crippen LogP contribution >= 0.6 is 11.8 Å². The molecule has 1 aromatic carbocycles. The second kappa shape index (κ2) is 9.02. The molecule has 0 saturated carbocycles. The highest BCUT2D eigenvalue weighted by Gasteiger charge is 2.11. The summed E-state index contributed by atoms with van der Waals surface area (Å²) in [5.74, 6) is -1.40. The fourth-order valence-electron chi connectivity index (χ4n) is 1.63. The van der Waals surface area contributed by atoms with Crippen LogP contribution in [-0.4, -0.2) is 35.2 Å². The van der Waals surface area contributed by atoms with Gasteiger partial charge in [-0.05, 0) is 25.0 Å². The van der Waals surface area contributed by atoms with Crippen LogP contribution in [0.15, 0.2) is 29.2 Å². The van der Waals surface area contributed by atoms with Crippen molar-refractivity contribution in [2.24, 2.45) is 5.73 Å². The Morgan fingerprint density at radius 3 is 2.57 bits per heavy atom. The molecule has 7 heteroatoms. The summed E-state index contributed by atoms with van der Waals surface area (Å²) in [5.41, 5.74) is 5.58. The first-order valence-corrected chi connectivity index (χ1v) is 7.49. The second-order valence-corrected chi connectivity index (χ2v) is 5.38. The van der Waals surface area contributed by atoms with Gasteiger partial charge in [-0.15, -0.1) is 11.8 Å². The Labute approximate surface area is 127 Å². The van der Waals surface area contributed by atoms with E-state index in [1.165, 1.54) is 11.8 Å². The van der Waals surface area contributed by atoms with Crippen LogP contribution in [0.25, 0.3) is 0 Å². The Morgan fingerprint density at radius 2 is 1.90 bits per heavy atom. The van der Waals surface area contributed by atoms with Gasteiger partial charge in [0.25, 0.3) is 5.91 Å². The van der Waals surface area contributed by atoms with E-state index >= 15 is 0 Å². The van der Waals surface area contributed by atoms with E-state index in [0.717, 1.165) is 0 Å². The van der Waals surface area contributed by atoms with Crippen LogP contribution < -0.4 is 11.1 Å². The molecule has 0 saturated heterocycles. The summed E-state index contributed by atoms with van der Waals surface area (Å²) in [7, 11) is 0. The molecule has 0 bridgehead atoms. The number of hydrogen-bond donors (Lipinski definition) is 3. The molecule has 0 aromatic heterocycles. The fourth-order valence-corrected chi connectivity index (χ4v) is 2.42. The fraction of sp³-hybridized carbons (Fsp3) is 0.357. The monoisotopic (exact) mass is 310 g/mol. The molecule has 0 atom stereocenters. The van der Waals surface area contributed by atoms with E-state index in [1.807, 2.05) is 0 Å². The molecule has 0 spiro atoms. The summed E-state index contributed by atoms with van der Waals surface area (Å²) in [6, 6.07) is 6.96. The van der Waals surface area contributed by atoms with Crippen LogP contribution in [-0.2, 0) is 9.59 Å². The highest BCUT2D eigenvalue weighted by atomic mass is 32.2. The number of hydrogen-bond acceptors (Lipinski definition) is 4. The number of carboxylic acid groups (broad SMARTS) is 1. The van der Waals surface area contributed by atoms with Crippen LogP contribution in [0.4, 0.5) is 0 Å². The number of thioether (sulfide) groups is 1. The molecular weight excluding hydrogens is 292 g/mol. The van der Waals surface area contributed by atoms with Crippen molar-refractivity contribution >= 4 is 29.5 Å². The summed E-state index contributed by atoms with van der Waals surface area (Å²) >= 11 is 1.22. The number of aliphatic carboxylic acids is 1. The molecule has 4 N–H and O–H groups in total. The van der Waals surface area contributed by atoms with Gasteiger partial charge in [-0.25, -0.2) is 0 Å². The largest absolute Gasteiger partial charge is 0.481 e. The van der Waals surface area contributed by atoms with Crippen LogP contribution in [0.3, 0.4) is 0 Å². The van der Waals surface area contributed by atoms with Crippen molar-refractivity contribution in [1.29, 1.82) is 0 Å². The maximum absolute atomic E-state index is 12.1. The average Bonchev–Trinajstić information content (AvgIpc) is 2.44. The summed E-state index contributed by atoms with van der Waals surface area (Å²) < 4.78 is 0. The zero-order valence-electron chi connectivity index (χ0n) is 11.5. The highest BCUT2D eigenvalue weighted by Crippen LogP contribution is 2.22. The van der Waals surface area contributed by atoms with E-state index in [0.29, 0.717) is 29.8 Å². The maximum Gasteiger partial charge on any atom is 0.303 e. The van der Waals surface area contributed by atoms with E-state index in [-0.39, 0.29) is 18.1 Å². The average molecular weight is 310 g/mol. The van der Waals surface area contributed by atoms with Gasteiger partial charge in [0.2, 0.25) is 5.91 Å². The predicted octanol–water partition coefficient (Wildman–Crippen LogP) is 1.25. The summed E-state index contributed by atoms with van der Waals surface area (Å²) in [6.45, 7) is 0.418. The smallest absolute Gasteiger partial charge is 0.303 e. The lowest BCUT2D eigenvalue weighted by atomic mass is 10.2. The van der Waals surface area contributed by atoms with E-state index in [2.05, 4.69) is 5.32 Å². The zero-order valence-corrected chi connectivity index (χ0v) is 12.3. The summed E-state index contributed by atoms with van der Waals surface area (Å²) in [4.78, 5) is 33.9. The zero-order chi connectivity index (χ0) is 15.7. The van der Waals surface area contributed by atoms with Gasteiger partial charge in [-0.2, -0.15) is 0 Å². The number of amides is 2. The first kappa shape index (κ1) is 17.0. The molecule has 0 aliphatic carbocycles.